The van der Waals surface area contributed by atoms with E-state index in [2.05, 4.69) is 10.6 Å². The van der Waals surface area contributed by atoms with Gasteiger partial charge in [0, 0.05) is 13.0 Å². The zero-order valence-corrected chi connectivity index (χ0v) is 10.7. The molecule has 0 unspecified atom stereocenters. The second-order valence-electron chi connectivity index (χ2n) is 3.70. The van der Waals surface area contributed by atoms with Crippen LogP contribution < -0.4 is 10.6 Å². The molecule has 0 saturated heterocycles. The molecule has 1 amide bonds. The molecule has 0 bridgehead atoms. The SMILES string of the molecule is CCOC(=O)CCCNC(=O)CN[C@@H](C)C(=O)O. The minimum atomic E-state index is -1.01. The minimum absolute atomic E-state index is 0.0626. The van der Waals surface area contributed by atoms with Crippen LogP contribution in [0.15, 0.2) is 0 Å². The Bertz CT molecular complexity index is 293. The summed E-state index contributed by atoms with van der Waals surface area (Å²) in [5.41, 5.74) is 0. The van der Waals surface area contributed by atoms with Gasteiger partial charge in [-0.25, -0.2) is 0 Å². The number of aliphatic carboxylic acids is 1. The van der Waals surface area contributed by atoms with Crippen molar-refractivity contribution in [3.63, 3.8) is 0 Å². The monoisotopic (exact) mass is 260 g/mol. The lowest BCUT2D eigenvalue weighted by atomic mass is 10.3. The molecule has 0 saturated carbocycles. The molecule has 3 N–H and O–H groups in total. The Morgan fingerprint density at radius 1 is 1.33 bits per heavy atom. The zero-order valence-electron chi connectivity index (χ0n) is 10.7. The second kappa shape index (κ2) is 9.41. The van der Waals surface area contributed by atoms with Crippen LogP contribution in [0.3, 0.4) is 0 Å². The van der Waals surface area contributed by atoms with Gasteiger partial charge in [-0.1, -0.05) is 0 Å². The maximum absolute atomic E-state index is 11.3. The first-order valence-electron chi connectivity index (χ1n) is 5.85. The van der Waals surface area contributed by atoms with E-state index in [0.717, 1.165) is 0 Å². The maximum atomic E-state index is 11.3. The fraction of sp³-hybridized carbons (Fsp3) is 0.727. The van der Waals surface area contributed by atoms with Gasteiger partial charge in [-0.05, 0) is 20.3 Å². The highest BCUT2D eigenvalue weighted by molar-refractivity contribution is 5.79. The van der Waals surface area contributed by atoms with E-state index < -0.39 is 12.0 Å². The summed E-state index contributed by atoms with van der Waals surface area (Å²) in [5, 5.41) is 13.7. The Kier molecular flexibility index (Phi) is 8.55. The zero-order chi connectivity index (χ0) is 14.0. The van der Waals surface area contributed by atoms with Crippen molar-refractivity contribution >= 4 is 17.8 Å². The van der Waals surface area contributed by atoms with Crippen molar-refractivity contribution in [1.29, 1.82) is 0 Å². The molecule has 0 aromatic rings. The molecule has 0 aromatic carbocycles. The van der Waals surface area contributed by atoms with Gasteiger partial charge in [0.1, 0.15) is 6.04 Å². The number of rotatable bonds is 9. The van der Waals surface area contributed by atoms with Crippen LogP contribution in [-0.2, 0) is 19.1 Å². The lowest BCUT2D eigenvalue weighted by Crippen LogP contribution is -2.41. The summed E-state index contributed by atoms with van der Waals surface area (Å²) < 4.78 is 4.72. The molecular weight excluding hydrogens is 240 g/mol. The van der Waals surface area contributed by atoms with Crippen molar-refractivity contribution in [2.75, 3.05) is 19.7 Å². The number of hydrogen-bond donors (Lipinski definition) is 3. The normalized spacial score (nSPS) is 11.7. The first-order valence-corrected chi connectivity index (χ1v) is 5.85. The maximum Gasteiger partial charge on any atom is 0.320 e. The van der Waals surface area contributed by atoms with E-state index in [1.165, 1.54) is 6.92 Å². The van der Waals surface area contributed by atoms with Gasteiger partial charge in [0.05, 0.1) is 13.2 Å². The van der Waals surface area contributed by atoms with Gasteiger partial charge in [-0.2, -0.15) is 0 Å². The van der Waals surface area contributed by atoms with Crippen molar-refractivity contribution in [2.24, 2.45) is 0 Å². The van der Waals surface area contributed by atoms with Crippen LogP contribution in [0.1, 0.15) is 26.7 Å². The molecule has 0 aromatic heterocycles. The van der Waals surface area contributed by atoms with Crippen molar-refractivity contribution in [1.82, 2.24) is 10.6 Å². The predicted molar refractivity (Wildman–Crippen MR) is 64.0 cm³/mol. The van der Waals surface area contributed by atoms with Crippen LogP contribution in [0.25, 0.3) is 0 Å². The topological polar surface area (TPSA) is 105 Å². The summed E-state index contributed by atoms with van der Waals surface area (Å²) in [6, 6.07) is -0.768. The molecular formula is C11H20N2O5. The number of carboxylic acids is 1. The molecule has 1 atom stereocenters. The van der Waals surface area contributed by atoms with Gasteiger partial charge in [0.25, 0.3) is 0 Å². The van der Waals surface area contributed by atoms with Gasteiger partial charge in [-0.15, -0.1) is 0 Å². The van der Waals surface area contributed by atoms with E-state index in [-0.39, 0.29) is 24.8 Å². The lowest BCUT2D eigenvalue weighted by molar-refractivity contribution is -0.143. The summed E-state index contributed by atoms with van der Waals surface area (Å²) in [4.78, 5) is 32.7. The van der Waals surface area contributed by atoms with Gasteiger partial charge < -0.3 is 15.2 Å². The second-order valence-corrected chi connectivity index (χ2v) is 3.70. The van der Waals surface area contributed by atoms with Crippen molar-refractivity contribution < 1.29 is 24.2 Å². The Hall–Kier alpha value is -1.63. The van der Waals surface area contributed by atoms with E-state index in [9.17, 15) is 14.4 Å². The first kappa shape index (κ1) is 16.4. The number of ether oxygens (including phenoxy) is 1. The van der Waals surface area contributed by atoms with E-state index >= 15 is 0 Å². The van der Waals surface area contributed by atoms with Gasteiger partial charge >= 0.3 is 11.9 Å². The smallest absolute Gasteiger partial charge is 0.320 e. The number of carbonyl (C=O) groups is 3. The quantitative estimate of drug-likeness (QED) is 0.381. The highest BCUT2D eigenvalue weighted by Crippen LogP contribution is 1.91. The largest absolute Gasteiger partial charge is 0.480 e. The van der Waals surface area contributed by atoms with E-state index in [4.69, 9.17) is 9.84 Å². The molecule has 0 fully saturated rings. The standard InChI is InChI=1S/C11H20N2O5/c1-3-18-10(15)5-4-6-12-9(14)7-13-8(2)11(16)17/h8,13H,3-7H2,1-2H3,(H,12,14)(H,16,17)/t8-/m0/s1. The van der Waals surface area contributed by atoms with Gasteiger partial charge in [0.2, 0.25) is 5.91 Å². The average Bonchev–Trinajstić information content (AvgIpc) is 2.31. The first-order chi connectivity index (χ1) is 8.47. The Labute approximate surface area is 106 Å². The van der Waals surface area contributed by atoms with Crippen LogP contribution >= 0.6 is 0 Å². The van der Waals surface area contributed by atoms with Crippen LogP contribution in [0.2, 0.25) is 0 Å². The van der Waals surface area contributed by atoms with Gasteiger partial charge in [0.15, 0.2) is 0 Å². The molecule has 7 nitrogen and oxygen atoms in total. The van der Waals surface area contributed by atoms with Crippen molar-refractivity contribution in [3.8, 4) is 0 Å². The summed E-state index contributed by atoms with van der Waals surface area (Å²) in [7, 11) is 0. The van der Waals surface area contributed by atoms with Crippen LogP contribution in [0.4, 0.5) is 0 Å². The molecule has 0 heterocycles. The average molecular weight is 260 g/mol. The molecule has 7 heteroatoms. The molecule has 104 valence electrons. The van der Waals surface area contributed by atoms with E-state index in [1.54, 1.807) is 6.92 Å². The number of hydrogen-bond acceptors (Lipinski definition) is 5. The van der Waals surface area contributed by atoms with E-state index in [0.29, 0.717) is 19.6 Å². The summed E-state index contributed by atoms with van der Waals surface area (Å²) >= 11 is 0. The van der Waals surface area contributed by atoms with Crippen LogP contribution in [0, 0.1) is 0 Å². The molecule has 0 rings (SSSR count). The summed E-state index contributed by atoms with van der Waals surface area (Å²) in [5.74, 6) is -1.60. The minimum Gasteiger partial charge on any atom is -0.480 e. The fourth-order valence-electron chi connectivity index (χ4n) is 1.09. The van der Waals surface area contributed by atoms with Crippen LogP contribution in [-0.4, -0.2) is 48.7 Å². The Morgan fingerprint density at radius 3 is 2.56 bits per heavy atom. The predicted octanol–water partition coefficient (Wildman–Crippen LogP) is -0.491. The molecule has 0 spiro atoms. The van der Waals surface area contributed by atoms with Crippen molar-refractivity contribution in [3.05, 3.63) is 0 Å². The number of amides is 1. The Balaban J connectivity index is 3.54. The molecule has 0 aliphatic carbocycles. The third kappa shape index (κ3) is 8.51. The number of carboxylic acid groups (broad SMARTS) is 1. The third-order valence-electron chi connectivity index (χ3n) is 2.12. The van der Waals surface area contributed by atoms with Crippen LogP contribution in [0.5, 0.6) is 0 Å². The van der Waals surface area contributed by atoms with Gasteiger partial charge in [-0.3, -0.25) is 19.7 Å². The van der Waals surface area contributed by atoms with E-state index in [1.807, 2.05) is 0 Å². The molecule has 18 heavy (non-hydrogen) atoms. The fourth-order valence-corrected chi connectivity index (χ4v) is 1.09. The Morgan fingerprint density at radius 2 is 2.00 bits per heavy atom. The summed E-state index contributed by atoms with van der Waals surface area (Å²) in [6.07, 6.45) is 0.756. The highest BCUT2D eigenvalue weighted by atomic mass is 16.5. The molecule has 0 radical (unpaired) electrons. The lowest BCUT2D eigenvalue weighted by Gasteiger charge is -2.09. The summed E-state index contributed by atoms with van der Waals surface area (Å²) in [6.45, 7) is 3.83. The number of esters is 1. The number of carbonyl (C=O) groups excluding carboxylic acids is 2. The molecule has 0 aliphatic heterocycles. The highest BCUT2D eigenvalue weighted by Gasteiger charge is 2.11. The number of nitrogens with one attached hydrogen (secondary N) is 2. The van der Waals surface area contributed by atoms with Crippen molar-refractivity contribution in [2.45, 2.75) is 32.7 Å². The third-order valence-corrected chi connectivity index (χ3v) is 2.12. The molecule has 0 aliphatic rings.